The van der Waals surface area contributed by atoms with E-state index in [4.69, 9.17) is 4.74 Å². The number of nitrogens with one attached hydrogen (secondary N) is 1. The summed E-state index contributed by atoms with van der Waals surface area (Å²) in [4.78, 5) is 26.0. The van der Waals surface area contributed by atoms with Gasteiger partial charge in [-0.25, -0.2) is 4.79 Å². The van der Waals surface area contributed by atoms with Crippen LogP contribution in [0.1, 0.15) is 41.5 Å². The van der Waals surface area contributed by atoms with Gasteiger partial charge >= 0.3 is 5.97 Å². The highest BCUT2D eigenvalue weighted by atomic mass is 16.5. The second-order valence-electron chi connectivity index (χ2n) is 5.63. The second kappa shape index (κ2) is 7.48. The predicted molar refractivity (Wildman–Crippen MR) is 75.8 cm³/mol. The van der Waals surface area contributed by atoms with Gasteiger partial charge in [-0.05, 0) is 40.7 Å². The number of hydrogen-bond donors (Lipinski definition) is 1. The molecule has 0 bridgehead atoms. The molecule has 0 aromatic heterocycles. The van der Waals surface area contributed by atoms with E-state index in [1.807, 2.05) is 39.6 Å². The zero-order chi connectivity index (χ0) is 15.2. The van der Waals surface area contributed by atoms with Gasteiger partial charge in [0.2, 0.25) is 5.91 Å². The van der Waals surface area contributed by atoms with E-state index in [1.54, 1.807) is 13.8 Å². The summed E-state index contributed by atoms with van der Waals surface area (Å²) in [6.07, 6.45) is 0. The van der Waals surface area contributed by atoms with Crippen LogP contribution in [0.4, 0.5) is 0 Å². The first-order valence-corrected chi connectivity index (χ1v) is 6.83. The molecule has 0 aliphatic heterocycles. The van der Waals surface area contributed by atoms with Crippen LogP contribution in [0, 0.1) is 5.92 Å². The standard InChI is InChI=1S/C14H28N2O3/c1-8-19-13(18)14(6,10(2)3)15-12(17)9-16(7)11(4)5/h10-11H,8-9H2,1-7H3,(H,15,17)/t14-/m0/s1. The summed E-state index contributed by atoms with van der Waals surface area (Å²) in [5.41, 5.74) is -0.981. The van der Waals surface area contributed by atoms with Crippen molar-refractivity contribution in [2.75, 3.05) is 20.2 Å². The summed E-state index contributed by atoms with van der Waals surface area (Å²) < 4.78 is 5.05. The molecule has 0 spiro atoms. The van der Waals surface area contributed by atoms with Crippen molar-refractivity contribution in [3.05, 3.63) is 0 Å². The van der Waals surface area contributed by atoms with E-state index in [0.29, 0.717) is 6.61 Å². The highest BCUT2D eigenvalue weighted by Gasteiger charge is 2.39. The summed E-state index contributed by atoms with van der Waals surface area (Å²) in [5, 5.41) is 2.81. The van der Waals surface area contributed by atoms with Gasteiger partial charge in [0.1, 0.15) is 5.54 Å². The molecular weight excluding hydrogens is 244 g/mol. The summed E-state index contributed by atoms with van der Waals surface area (Å²) >= 11 is 0. The molecule has 0 saturated heterocycles. The Hall–Kier alpha value is -1.10. The van der Waals surface area contributed by atoms with Crippen LogP contribution in [0.25, 0.3) is 0 Å². The first kappa shape index (κ1) is 17.9. The molecule has 1 atom stereocenters. The number of rotatable bonds is 7. The highest BCUT2D eigenvalue weighted by molar-refractivity contribution is 5.88. The van der Waals surface area contributed by atoms with Crippen molar-refractivity contribution in [2.45, 2.75) is 53.1 Å². The first-order chi connectivity index (χ1) is 8.65. The molecule has 0 aliphatic carbocycles. The number of likely N-dealkylation sites (N-methyl/N-ethyl adjacent to an activating group) is 1. The van der Waals surface area contributed by atoms with Crippen molar-refractivity contribution >= 4 is 11.9 Å². The van der Waals surface area contributed by atoms with Gasteiger partial charge in [-0.3, -0.25) is 9.69 Å². The van der Waals surface area contributed by atoms with Crippen LogP contribution in [0.5, 0.6) is 0 Å². The second-order valence-corrected chi connectivity index (χ2v) is 5.63. The van der Waals surface area contributed by atoms with E-state index in [9.17, 15) is 9.59 Å². The largest absolute Gasteiger partial charge is 0.464 e. The third-order valence-electron chi connectivity index (χ3n) is 3.53. The van der Waals surface area contributed by atoms with Crippen LogP contribution >= 0.6 is 0 Å². The van der Waals surface area contributed by atoms with Crippen LogP contribution in [0.2, 0.25) is 0 Å². The minimum atomic E-state index is -0.981. The van der Waals surface area contributed by atoms with Crippen molar-refractivity contribution in [2.24, 2.45) is 5.92 Å². The lowest BCUT2D eigenvalue weighted by atomic mass is 9.88. The molecule has 0 aliphatic rings. The Balaban J connectivity index is 4.76. The van der Waals surface area contributed by atoms with E-state index >= 15 is 0 Å². The van der Waals surface area contributed by atoms with Crippen molar-refractivity contribution in [1.82, 2.24) is 10.2 Å². The highest BCUT2D eigenvalue weighted by Crippen LogP contribution is 2.18. The fraction of sp³-hybridized carbons (Fsp3) is 0.857. The number of carbonyl (C=O) groups is 2. The van der Waals surface area contributed by atoms with E-state index in [2.05, 4.69) is 5.32 Å². The number of hydrogen-bond acceptors (Lipinski definition) is 4. The van der Waals surface area contributed by atoms with Crippen molar-refractivity contribution in [3.63, 3.8) is 0 Å². The zero-order valence-electron chi connectivity index (χ0n) is 13.2. The van der Waals surface area contributed by atoms with Gasteiger partial charge in [-0.1, -0.05) is 13.8 Å². The molecule has 0 heterocycles. The Morgan fingerprint density at radius 3 is 2.16 bits per heavy atom. The topological polar surface area (TPSA) is 58.6 Å². The number of amides is 1. The minimum absolute atomic E-state index is 0.0418. The number of ether oxygens (including phenoxy) is 1. The van der Waals surface area contributed by atoms with Crippen LogP contribution in [-0.4, -0.2) is 48.6 Å². The Bertz CT molecular complexity index is 316. The van der Waals surface area contributed by atoms with Gasteiger partial charge in [0.15, 0.2) is 0 Å². The molecule has 112 valence electrons. The Morgan fingerprint density at radius 1 is 1.26 bits per heavy atom. The van der Waals surface area contributed by atoms with E-state index in [-0.39, 0.29) is 30.4 Å². The molecule has 0 fully saturated rings. The monoisotopic (exact) mass is 272 g/mol. The molecule has 0 saturated carbocycles. The molecule has 1 amide bonds. The molecule has 0 rings (SSSR count). The Morgan fingerprint density at radius 2 is 1.79 bits per heavy atom. The Kier molecular flexibility index (Phi) is 7.05. The molecule has 1 N–H and O–H groups in total. The van der Waals surface area contributed by atoms with Gasteiger partial charge in [0.05, 0.1) is 13.2 Å². The molecular formula is C14H28N2O3. The maximum atomic E-state index is 12.0. The number of nitrogens with zero attached hydrogens (tertiary/aromatic N) is 1. The maximum Gasteiger partial charge on any atom is 0.331 e. The molecule has 5 heteroatoms. The molecule has 5 nitrogen and oxygen atoms in total. The Labute approximate surface area is 116 Å². The summed E-state index contributed by atoms with van der Waals surface area (Å²) in [6.45, 7) is 11.9. The van der Waals surface area contributed by atoms with Gasteiger partial charge in [-0.15, -0.1) is 0 Å². The molecule has 19 heavy (non-hydrogen) atoms. The van der Waals surface area contributed by atoms with Gasteiger partial charge in [0.25, 0.3) is 0 Å². The van der Waals surface area contributed by atoms with E-state index < -0.39 is 5.54 Å². The van der Waals surface area contributed by atoms with E-state index in [0.717, 1.165) is 0 Å². The smallest absolute Gasteiger partial charge is 0.331 e. The van der Waals surface area contributed by atoms with Crippen LogP contribution in [-0.2, 0) is 14.3 Å². The fourth-order valence-corrected chi connectivity index (χ4v) is 1.45. The normalized spacial score (nSPS) is 14.6. The molecule has 0 unspecified atom stereocenters. The number of carbonyl (C=O) groups excluding carboxylic acids is 2. The lowest BCUT2D eigenvalue weighted by molar-refractivity contribution is -0.154. The van der Waals surface area contributed by atoms with Crippen LogP contribution in [0.15, 0.2) is 0 Å². The van der Waals surface area contributed by atoms with Gasteiger partial charge in [-0.2, -0.15) is 0 Å². The molecule has 0 aromatic carbocycles. The summed E-state index contributed by atoms with van der Waals surface area (Å²) in [5.74, 6) is -0.592. The zero-order valence-corrected chi connectivity index (χ0v) is 13.2. The van der Waals surface area contributed by atoms with E-state index in [1.165, 1.54) is 0 Å². The summed E-state index contributed by atoms with van der Waals surface area (Å²) in [6, 6.07) is 0.277. The predicted octanol–water partition coefficient (Wildman–Crippen LogP) is 1.42. The number of esters is 1. The quantitative estimate of drug-likeness (QED) is 0.712. The minimum Gasteiger partial charge on any atom is -0.464 e. The van der Waals surface area contributed by atoms with Crippen molar-refractivity contribution < 1.29 is 14.3 Å². The van der Waals surface area contributed by atoms with Crippen molar-refractivity contribution in [1.29, 1.82) is 0 Å². The fourth-order valence-electron chi connectivity index (χ4n) is 1.45. The summed E-state index contributed by atoms with van der Waals surface area (Å²) in [7, 11) is 1.88. The van der Waals surface area contributed by atoms with Crippen LogP contribution < -0.4 is 5.32 Å². The first-order valence-electron chi connectivity index (χ1n) is 6.83. The lowest BCUT2D eigenvalue weighted by Gasteiger charge is -2.33. The third kappa shape index (κ3) is 5.19. The average Bonchev–Trinajstić information content (AvgIpc) is 2.28. The molecule has 0 aromatic rings. The average molecular weight is 272 g/mol. The SMILES string of the molecule is CCOC(=O)[C@@](C)(NC(=O)CN(C)C(C)C)C(C)C. The van der Waals surface area contributed by atoms with Gasteiger partial charge in [0, 0.05) is 6.04 Å². The molecule has 0 radical (unpaired) electrons. The van der Waals surface area contributed by atoms with Gasteiger partial charge < -0.3 is 10.1 Å². The lowest BCUT2D eigenvalue weighted by Crippen LogP contribution is -2.58. The third-order valence-corrected chi connectivity index (χ3v) is 3.53. The maximum absolute atomic E-state index is 12.0. The van der Waals surface area contributed by atoms with Crippen molar-refractivity contribution in [3.8, 4) is 0 Å². The van der Waals surface area contributed by atoms with Crippen LogP contribution in [0.3, 0.4) is 0 Å².